The van der Waals surface area contributed by atoms with Crippen molar-refractivity contribution in [2.24, 2.45) is 0 Å². The van der Waals surface area contributed by atoms with Gasteiger partial charge in [-0.3, -0.25) is 9.36 Å². The van der Waals surface area contributed by atoms with Gasteiger partial charge in [-0.15, -0.1) is 0 Å². The minimum Gasteiger partial charge on any atom is -0.495 e. The number of nitrogens with one attached hydrogen (secondary N) is 2. The van der Waals surface area contributed by atoms with Crippen LogP contribution in [0.3, 0.4) is 0 Å². The molecule has 1 aliphatic rings. The highest BCUT2D eigenvalue weighted by molar-refractivity contribution is 6.32. The maximum atomic E-state index is 13.5. The van der Waals surface area contributed by atoms with E-state index in [0.717, 1.165) is 12.1 Å². The molecular formula is C22H26ClN7O2. The van der Waals surface area contributed by atoms with Crippen LogP contribution in [0.4, 0.5) is 5.82 Å². The third-order valence-corrected chi connectivity index (χ3v) is 6.03. The first kappa shape index (κ1) is 22.0. The van der Waals surface area contributed by atoms with Crippen molar-refractivity contribution in [1.82, 2.24) is 30.2 Å². The normalized spacial score (nSPS) is 19.4. The van der Waals surface area contributed by atoms with Crippen molar-refractivity contribution in [1.29, 1.82) is 0 Å². The van der Waals surface area contributed by atoms with E-state index in [4.69, 9.17) is 16.3 Å². The molecule has 1 fully saturated rings. The lowest BCUT2D eigenvalue weighted by Gasteiger charge is -2.45. The smallest absolute Gasteiger partial charge is 0.247 e. The van der Waals surface area contributed by atoms with Crippen molar-refractivity contribution in [3.05, 3.63) is 59.8 Å². The molecule has 4 rings (SSSR count). The van der Waals surface area contributed by atoms with Gasteiger partial charge in [-0.25, -0.2) is 9.97 Å². The molecule has 0 radical (unpaired) electrons. The van der Waals surface area contributed by atoms with Gasteiger partial charge in [-0.05, 0) is 37.6 Å². The Balaban J connectivity index is 1.57. The quantitative estimate of drug-likeness (QED) is 0.588. The zero-order chi connectivity index (χ0) is 22.7. The highest BCUT2D eigenvalue weighted by atomic mass is 35.5. The van der Waals surface area contributed by atoms with Crippen molar-refractivity contribution >= 4 is 23.3 Å². The van der Waals surface area contributed by atoms with E-state index in [-0.39, 0.29) is 11.9 Å². The average molecular weight is 456 g/mol. The number of halogens is 1. The number of hydrogen-bond donors (Lipinski definition) is 2. The van der Waals surface area contributed by atoms with E-state index in [9.17, 15) is 4.79 Å². The van der Waals surface area contributed by atoms with Crippen LogP contribution < -0.4 is 20.3 Å². The van der Waals surface area contributed by atoms with Crippen LogP contribution in [-0.2, 0) is 4.79 Å². The Morgan fingerprint density at radius 3 is 2.91 bits per heavy atom. The molecule has 2 N–H and O–H groups in total. The summed E-state index contributed by atoms with van der Waals surface area (Å²) in [4.78, 5) is 28.6. The van der Waals surface area contributed by atoms with E-state index >= 15 is 0 Å². The summed E-state index contributed by atoms with van der Waals surface area (Å²) in [6.07, 6.45) is 6.79. The van der Waals surface area contributed by atoms with E-state index in [2.05, 4.69) is 25.6 Å². The van der Waals surface area contributed by atoms with Gasteiger partial charge in [0.1, 0.15) is 23.4 Å². The molecule has 3 heterocycles. The molecule has 1 saturated heterocycles. The van der Waals surface area contributed by atoms with Crippen molar-refractivity contribution in [3.8, 4) is 11.7 Å². The van der Waals surface area contributed by atoms with Crippen LogP contribution in [0.2, 0.25) is 5.02 Å². The van der Waals surface area contributed by atoms with Gasteiger partial charge in [0.2, 0.25) is 11.9 Å². The van der Waals surface area contributed by atoms with E-state index in [1.165, 1.54) is 0 Å². The number of imidazole rings is 1. The Hall–Kier alpha value is -3.17. The number of methoxy groups -OCH3 is 1. The van der Waals surface area contributed by atoms with Gasteiger partial charge < -0.3 is 20.3 Å². The van der Waals surface area contributed by atoms with Crippen LogP contribution in [0, 0.1) is 0 Å². The number of aromatic nitrogens is 4. The topological polar surface area (TPSA) is 97.2 Å². The zero-order valence-corrected chi connectivity index (χ0v) is 19.0. The second kappa shape index (κ2) is 9.13. The first-order valence-electron chi connectivity index (χ1n) is 10.4. The number of amides is 1. The Bertz CT molecular complexity index is 1090. The molecule has 1 amide bonds. The molecule has 10 heteroatoms. The molecule has 0 bridgehead atoms. The Labute approximate surface area is 191 Å². The summed E-state index contributed by atoms with van der Waals surface area (Å²) in [5.41, 5.74) is 0.0519. The summed E-state index contributed by atoms with van der Waals surface area (Å²) in [6.45, 7) is 5.71. The fourth-order valence-electron chi connectivity index (χ4n) is 3.81. The average Bonchev–Trinajstić information content (AvgIpc) is 3.34. The van der Waals surface area contributed by atoms with Gasteiger partial charge in [-0.2, -0.15) is 4.98 Å². The number of carbonyl (C=O) groups excluding carboxylic acids is 1. The standard InChI is InChI=1S/C22H26ClN7O2/c1-15(16-4-5-18(32-3)17(23)12-16)27-20(31)22(2)13-24-9-11-30(22)19-6-7-26-21(28-19)29-10-8-25-14-29/h4-8,10,12,14-15,24H,9,11,13H2,1-3H3,(H,27,31). The number of piperazine rings is 1. The molecule has 2 unspecified atom stereocenters. The Morgan fingerprint density at radius 1 is 1.34 bits per heavy atom. The molecule has 168 valence electrons. The monoisotopic (exact) mass is 455 g/mol. The molecule has 0 saturated carbocycles. The first-order valence-corrected chi connectivity index (χ1v) is 10.7. The molecule has 0 spiro atoms. The van der Waals surface area contributed by atoms with Crippen LogP contribution in [-0.4, -0.2) is 57.7 Å². The number of rotatable bonds is 6. The lowest BCUT2D eigenvalue weighted by molar-refractivity contribution is -0.126. The van der Waals surface area contributed by atoms with Gasteiger partial charge >= 0.3 is 0 Å². The molecule has 0 aliphatic carbocycles. The largest absolute Gasteiger partial charge is 0.495 e. The second-order valence-electron chi connectivity index (χ2n) is 7.88. The molecule has 1 aliphatic heterocycles. The summed E-state index contributed by atoms with van der Waals surface area (Å²) in [6, 6.07) is 7.10. The fourth-order valence-corrected chi connectivity index (χ4v) is 4.08. The van der Waals surface area contributed by atoms with Crippen molar-refractivity contribution < 1.29 is 9.53 Å². The minimum absolute atomic E-state index is 0.105. The molecule has 9 nitrogen and oxygen atoms in total. The summed E-state index contributed by atoms with van der Waals surface area (Å²) in [7, 11) is 1.57. The maximum Gasteiger partial charge on any atom is 0.247 e. The van der Waals surface area contributed by atoms with Crippen molar-refractivity contribution in [2.75, 3.05) is 31.6 Å². The maximum absolute atomic E-state index is 13.5. The van der Waals surface area contributed by atoms with Gasteiger partial charge in [0.25, 0.3) is 0 Å². The molecule has 2 aromatic heterocycles. The number of ether oxygens (including phenoxy) is 1. The van der Waals surface area contributed by atoms with Crippen molar-refractivity contribution in [2.45, 2.75) is 25.4 Å². The van der Waals surface area contributed by atoms with Crippen molar-refractivity contribution in [3.63, 3.8) is 0 Å². The lowest BCUT2D eigenvalue weighted by atomic mass is 9.94. The van der Waals surface area contributed by atoms with Gasteiger partial charge in [0.15, 0.2) is 0 Å². The van der Waals surface area contributed by atoms with Crippen LogP contribution in [0.5, 0.6) is 5.75 Å². The van der Waals surface area contributed by atoms with Gasteiger partial charge in [0.05, 0.1) is 18.2 Å². The number of carbonyl (C=O) groups is 1. The second-order valence-corrected chi connectivity index (χ2v) is 8.28. The summed E-state index contributed by atoms with van der Waals surface area (Å²) in [5.74, 6) is 1.68. The highest BCUT2D eigenvalue weighted by Crippen LogP contribution is 2.29. The molecule has 3 aromatic rings. The molecule has 1 aromatic carbocycles. The van der Waals surface area contributed by atoms with Crippen LogP contribution in [0.15, 0.2) is 49.2 Å². The summed E-state index contributed by atoms with van der Waals surface area (Å²) >= 11 is 6.27. The predicted molar refractivity (Wildman–Crippen MR) is 122 cm³/mol. The third-order valence-electron chi connectivity index (χ3n) is 5.73. The predicted octanol–water partition coefficient (Wildman–Crippen LogP) is 2.37. The highest BCUT2D eigenvalue weighted by Gasteiger charge is 2.42. The number of hydrogen-bond acceptors (Lipinski definition) is 7. The van der Waals surface area contributed by atoms with Crippen LogP contribution in [0.1, 0.15) is 25.5 Å². The van der Waals surface area contributed by atoms with E-state index in [1.54, 1.807) is 42.7 Å². The third kappa shape index (κ3) is 4.26. The SMILES string of the molecule is COc1ccc(C(C)NC(=O)C2(C)CNCCN2c2ccnc(-n3ccnc3)n2)cc1Cl. The number of anilines is 1. The molecule has 2 atom stereocenters. The van der Waals surface area contributed by atoms with Gasteiger partial charge in [0, 0.05) is 38.2 Å². The van der Waals surface area contributed by atoms with E-state index in [1.807, 2.05) is 36.9 Å². The summed E-state index contributed by atoms with van der Waals surface area (Å²) in [5, 5.41) is 6.98. The van der Waals surface area contributed by atoms with Crippen LogP contribution >= 0.6 is 11.6 Å². The number of nitrogens with zero attached hydrogens (tertiary/aromatic N) is 5. The first-order chi connectivity index (χ1) is 15.4. The van der Waals surface area contributed by atoms with Gasteiger partial charge in [-0.1, -0.05) is 17.7 Å². The zero-order valence-electron chi connectivity index (χ0n) is 18.2. The van der Waals surface area contributed by atoms with E-state index in [0.29, 0.717) is 35.6 Å². The fraction of sp³-hybridized carbons (Fsp3) is 0.364. The Morgan fingerprint density at radius 2 is 2.19 bits per heavy atom. The molecule has 32 heavy (non-hydrogen) atoms. The minimum atomic E-state index is -0.844. The number of benzene rings is 1. The lowest BCUT2D eigenvalue weighted by Crippen LogP contribution is -2.67. The van der Waals surface area contributed by atoms with Crippen LogP contribution in [0.25, 0.3) is 5.95 Å². The molecular weight excluding hydrogens is 430 g/mol. The Kier molecular flexibility index (Phi) is 6.29. The van der Waals surface area contributed by atoms with E-state index < -0.39 is 5.54 Å². The summed E-state index contributed by atoms with van der Waals surface area (Å²) < 4.78 is 6.95.